The quantitative estimate of drug-likeness (QED) is 0.794. The zero-order valence-corrected chi connectivity index (χ0v) is 14.6. The summed E-state index contributed by atoms with van der Waals surface area (Å²) in [5, 5.41) is 0. The molecule has 3 atom stereocenters. The molecule has 1 aromatic rings. The number of rotatable bonds is 6. The summed E-state index contributed by atoms with van der Waals surface area (Å²) in [6.07, 6.45) is 1.39. The highest BCUT2D eigenvalue weighted by Gasteiger charge is 2.27. The molecular formula is C18H25NO6. The van der Waals surface area contributed by atoms with E-state index in [1.165, 1.54) is 0 Å². The molecule has 0 bridgehead atoms. The maximum atomic E-state index is 12.0. The summed E-state index contributed by atoms with van der Waals surface area (Å²) in [6.45, 7) is 4.22. The van der Waals surface area contributed by atoms with E-state index in [2.05, 4.69) is 0 Å². The molecule has 1 N–H and O–H groups in total. The molecule has 1 aliphatic heterocycles. The fraction of sp³-hybridized carbons (Fsp3) is 0.556. The second kappa shape index (κ2) is 10.0. The van der Waals surface area contributed by atoms with Gasteiger partial charge in [0.15, 0.2) is 6.29 Å². The van der Waals surface area contributed by atoms with Crippen molar-refractivity contribution in [2.45, 2.75) is 52.1 Å². The van der Waals surface area contributed by atoms with Crippen LogP contribution in [0.2, 0.25) is 0 Å². The average molecular weight is 351 g/mol. The molecule has 1 unspecified atom stereocenters. The lowest BCUT2D eigenvalue weighted by molar-refractivity contribution is -0.200. The number of nitrogens with one attached hydrogen (secondary N) is 1. The molecule has 0 aliphatic carbocycles. The molecule has 138 valence electrons. The summed E-state index contributed by atoms with van der Waals surface area (Å²) in [5.41, 5.74) is 2.83. The average Bonchev–Trinajstić information content (AvgIpc) is 2.65. The van der Waals surface area contributed by atoms with Gasteiger partial charge in [0, 0.05) is 6.61 Å². The van der Waals surface area contributed by atoms with Crippen molar-refractivity contribution < 1.29 is 28.6 Å². The van der Waals surface area contributed by atoms with Crippen LogP contribution in [0.5, 0.6) is 0 Å². The highest BCUT2D eigenvalue weighted by Crippen LogP contribution is 2.19. The van der Waals surface area contributed by atoms with Crippen LogP contribution in [0.25, 0.3) is 0 Å². The molecule has 0 spiro atoms. The first kappa shape index (κ1) is 19.2. The van der Waals surface area contributed by atoms with Gasteiger partial charge in [-0.1, -0.05) is 30.3 Å². The fourth-order valence-corrected chi connectivity index (χ4v) is 2.30. The van der Waals surface area contributed by atoms with E-state index >= 15 is 0 Å². The monoisotopic (exact) mass is 351 g/mol. The molecule has 25 heavy (non-hydrogen) atoms. The van der Waals surface area contributed by atoms with Crippen molar-refractivity contribution in [3.63, 3.8) is 0 Å². The minimum Gasteiger partial charge on any atom is -0.443 e. The number of carbonyl (C=O) groups excluding carboxylic acids is 2. The Morgan fingerprint density at radius 1 is 1.24 bits per heavy atom. The molecule has 1 aliphatic rings. The fourth-order valence-electron chi connectivity index (χ4n) is 2.30. The normalized spacial score (nSPS) is 19.5. The van der Waals surface area contributed by atoms with Crippen LogP contribution >= 0.6 is 0 Å². The van der Waals surface area contributed by atoms with Crippen LogP contribution in [0, 0.1) is 5.92 Å². The summed E-state index contributed by atoms with van der Waals surface area (Å²) in [6, 6.07) is 9.21. The lowest BCUT2D eigenvalue weighted by atomic mass is 10.1. The number of hydroxylamine groups is 1. The Morgan fingerprint density at radius 3 is 2.68 bits per heavy atom. The van der Waals surface area contributed by atoms with Crippen LogP contribution in [0.4, 0.5) is 4.79 Å². The van der Waals surface area contributed by atoms with Crippen molar-refractivity contribution >= 4 is 12.1 Å². The maximum absolute atomic E-state index is 12.0. The summed E-state index contributed by atoms with van der Waals surface area (Å²) in [4.78, 5) is 28.3. The molecule has 7 heteroatoms. The van der Waals surface area contributed by atoms with Gasteiger partial charge in [-0.2, -0.15) is 0 Å². The molecule has 0 aromatic heterocycles. The maximum Gasteiger partial charge on any atom is 0.441 e. The predicted molar refractivity (Wildman–Crippen MR) is 89.2 cm³/mol. The van der Waals surface area contributed by atoms with Crippen molar-refractivity contribution in [3.8, 4) is 0 Å². The third-order valence-corrected chi connectivity index (χ3v) is 4.03. The van der Waals surface area contributed by atoms with Gasteiger partial charge < -0.3 is 19.0 Å². The third kappa shape index (κ3) is 6.72. The zero-order chi connectivity index (χ0) is 18.1. The number of hydrogen-bond donors (Lipinski definition) is 1. The summed E-state index contributed by atoms with van der Waals surface area (Å²) >= 11 is 0. The van der Waals surface area contributed by atoms with E-state index < -0.39 is 24.1 Å². The van der Waals surface area contributed by atoms with Crippen molar-refractivity contribution in [3.05, 3.63) is 35.9 Å². The van der Waals surface area contributed by atoms with Crippen molar-refractivity contribution in [2.75, 3.05) is 6.61 Å². The molecule has 0 radical (unpaired) electrons. The van der Waals surface area contributed by atoms with Gasteiger partial charge in [0.1, 0.15) is 6.61 Å². The SMILES string of the molecule is C[C@H](C(=O)ONC(=O)OCc1ccccc1)[C@@H](C)OC1CCCCO1. The van der Waals surface area contributed by atoms with Crippen molar-refractivity contribution in [1.29, 1.82) is 0 Å². The number of ether oxygens (including phenoxy) is 3. The molecule has 1 aromatic carbocycles. The molecule has 0 saturated carbocycles. The van der Waals surface area contributed by atoms with Gasteiger partial charge in [0.05, 0.1) is 12.0 Å². The first-order chi connectivity index (χ1) is 12.1. The lowest BCUT2D eigenvalue weighted by Gasteiger charge is -2.28. The number of amides is 1. The molecule has 1 heterocycles. The van der Waals surface area contributed by atoms with Crippen LogP contribution in [-0.2, 0) is 30.4 Å². The highest BCUT2D eigenvalue weighted by molar-refractivity contribution is 5.75. The van der Waals surface area contributed by atoms with Crippen molar-refractivity contribution in [2.24, 2.45) is 5.92 Å². The molecule has 7 nitrogen and oxygen atoms in total. The zero-order valence-electron chi connectivity index (χ0n) is 14.6. The van der Waals surface area contributed by atoms with Crippen LogP contribution < -0.4 is 5.48 Å². The van der Waals surface area contributed by atoms with E-state index in [1.807, 2.05) is 35.8 Å². The summed E-state index contributed by atoms with van der Waals surface area (Å²) in [5.74, 6) is -1.15. The van der Waals surface area contributed by atoms with E-state index in [0.29, 0.717) is 6.61 Å². The first-order valence-electron chi connectivity index (χ1n) is 8.50. The highest BCUT2D eigenvalue weighted by atomic mass is 16.7. The largest absolute Gasteiger partial charge is 0.443 e. The van der Waals surface area contributed by atoms with E-state index in [4.69, 9.17) is 19.0 Å². The van der Waals surface area contributed by atoms with E-state index in [-0.39, 0.29) is 12.9 Å². The van der Waals surface area contributed by atoms with Crippen molar-refractivity contribution in [1.82, 2.24) is 5.48 Å². The lowest BCUT2D eigenvalue weighted by Crippen LogP contribution is -2.37. The van der Waals surface area contributed by atoms with Gasteiger partial charge in [-0.15, -0.1) is 5.48 Å². The Hall–Kier alpha value is -2.12. The van der Waals surface area contributed by atoms with Gasteiger partial charge in [-0.25, -0.2) is 9.59 Å². The topological polar surface area (TPSA) is 83.1 Å². The molecular weight excluding hydrogens is 326 g/mol. The second-order valence-electron chi connectivity index (χ2n) is 6.01. The van der Waals surface area contributed by atoms with Gasteiger partial charge in [0.2, 0.25) is 0 Å². The third-order valence-electron chi connectivity index (χ3n) is 4.03. The molecule has 1 fully saturated rings. The van der Waals surface area contributed by atoms with Crippen LogP contribution in [0.15, 0.2) is 30.3 Å². The van der Waals surface area contributed by atoms with E-state index in [9.17, 15) is 9.59 Å². The number of hydrogen-bond acceptors (Lipinski definition) is 6. The predicted octanol–water partition coefficient (Wildman–Crippen LogP) is 2.94. The van der Waals surface area contributed by atoms with Gasteiger partial charge in [0.25, 0.3) is 0 Å². The van der Waals surface area contributed by atoms with Gasteiger partial charge in [-0.05, 0) is 38.7 Å². The minimum atomic E-state index is -0.825. The Bertz CT molecular complexity index is 544. The van der Waals surface area contributed by atoms with E-state index in [1.54, 1.807) is 13.8 Å². The van der Waals surface area contributed by atoms with Crippen LogP contribution in [0.3, 0.4) is 0 Å². The van der Waals surface area contributed by atoms with Gasteiger partial charge >= 0.3 is 12.1 Å². The Morgan fingerprint density at radius 2 is 2.00 bits per heavy atom. The van der Waals surface area contributed by atoms with Gasteiger partial charge in [-0.3, -0.25) is 0 Å². The van der Waals surface area contributed by atoms with Crippen LogP contribution in [0.1, 0.15) is 38.7 Å². The Balaban J connectivity index is 1.66. The molecule has 1 amide bonds. The molecule has 1 saturated heterocycles. The number of carbonyl (C=O) groups is 2. The Labute approximate surface area is 147 Å². The number of benzene rings is 1. The smallest absolute Gasteiger partial charge is 0.441 e. The van der Waals surface area contributed by atoms with Crippen LogP contribution in [-0.4, -0.2) is 31.1 Å². The standard InChI is InChI=1S/C18H25NO6/c1-13(14(2)24-16-10-6-7-11-22-16)17(20)25-19-18(21)23-12-15-8-4-3-5-9-15/h3-5,8-9,13-14,16H,6-7,10-12H2,1-2H3,(H,19,21)/t13-,14+,16?/m0/s1. The second-order valence-corrected chi connectivity index (χ2v) is 6.01. The summed E-state index contributed by atoms with van der Waals surface area (Å²) in [7, 11) is 0. The summed E-state index contributed by atoms with van der Waals surface area (Å²) < 4.78 is 16.2. The Kier molecular flexibility index (Phi) is 7.69. The minimum absolute atomic E-state index is 0.0955. The molecule has 2 rings (SSSR count). The first-order valence-corrected chi connectivity index (χ1v) is 8.50. The van der Waals surface area contributed by atoms with E-state index in [0.717, 1.165) is 24.8 Å².